The first-order valence-electron chi connectivity index (χ1n) is 7.11. The van der Waals surface area contributed by atoms with Crippen LogP contribution in [0.3, 0.4) is 0 Å². The second-order valence-electron chi connectivity index (χ2n) is 5.08. The van der Waals surface area contributed by atoms with Crippen LogP contribution < -0.4 is 9.60 Å². The van der Waals surface area contributed by atoms with Crippen LogP contribution in [0.1, 0.15) is 5.56 Å². The van der Waals surface area contributed by atoms with Crippen LogP contribution in [0, 0.1) is 0 Å². The van der Waals surface area contributed by atoms with Gasteiger partial charge in [-0.2, -0.15) is 0 Å². The summed E-state index contributed by atoms with van der Waals surface area (Å²) < 4.78 is 28.8. The molecule has 0 radical (unpaired) electrons. The minimum Gasteiger partial charge on any atom is -0.287 e. The third-order valence-corrected chi connectivity index (χ3v) is 5.83. The maximum absolute atomic E-state index is 11.6. The predicted octanol–water partition coefficient (Wildman–Crippen LogP) is 2.75. The quantitative estimate of drug-likeness (QED) is 0.656. The molecule has 3 aromatic rings. The largest absolute Gasteiger partial charge is 0.287 e. The van der Waals surface area contributed by atoms with Gasteiger partial charge in [0.25, 0.3) is 10.0 Å². The van der Waals surface area contributed by atoms with Gasteiger partial charge in [-0.1, -0.05) is 48.5 Å². The fourth-order valence-corrected chi connectivity index (χ4v) is 5.16. The van der Waals surface area contributed by atoms with Crippen molar-refractivity contribution in [2.24, 2.45) is 9.39 Å². The average molecular weight is 378 g/mol. The normalized spacial score (nSPS) is 13.4. The summed E-state index contributed by atoms with van der Waals surface area (Å²) in [5.41, 5.74) is 1.88. The summed E-state index contributed by atoms with van der Waals surface area (Å²) in [4.78, 5) is 5.78. The minimum atomic E-state index is -3.47. The van der Waals surface area contributed by atoms with Crippen LogP contribution in [0.4, 0.5) is 5.69 Å². The fourth-order valence-electron chi connectivity index (χ4n) is 2.05. The van der Waals surface area contributed by atoms with Crippen molar-refractivity contribution < 1.29 is 8.42 Å². The Morgan fingerprint density at radius 3 is 2.12 bits per heavy atom. The molecule has 1 heterocycles. The number of hydrogen-bond acceptors (Lipinski definition) is 5. The fraction of sp³-hybridized carbons (Fsp3) is 0.125. The molecule has 0 saturated carbocycles. The molecule has 0 bridgehead atoms. The molecule has 0 aliphatic heterocycles. The summed E-state index contributed by atoms with van der Waals surface area (Å²) in [5.74, 6) is 0. The van der Waals surface area contributed by atoms with E-state index in [4.69, 9.17) is 0 Å². The molecule has 0 spiro atoms. The van der Waals surface area contributed by atoms with Crippen LogP contribution in [0.15, 0.2) is 70.1 Å². The highest BCUT2D eigenvalue weighted by molar-refractivity contribution is 7.89. The molecule has 1 aromatic heterocycles. The van der Waals surface area contributed by atoms with E-state index in [2.05, 4.69) is 9.39 Å². The number of rotatable bonds is 4. The summed E-state index contributed by atoms with van der Waals surface area (Å²) >= 11 is 0. The van der Waals surface area contributed by atoms with Crippen molar-refractivity contribution >= 4 is 36.4 Å². The number of hydrogen-bond donors (Lipinski definition) is 0. The lowest BCUT2D eigenvalue weighted by Gasteiger charge is -2.03. The Balaban J connectivity index is 2.17. The zero-order chi connectivity index (χ0) is 17.0. The van der Waals surface area contributed by atoms with Crippen LogP contribution in [0.2, 0.25) is 0 Å². The van der Waals surface area contributed by atoms with E-state index in [0.29, 0.717) is 11.3 Å². The topological polar surface area (TPSA) is 63.8 Å². The molecule has 8 heteroatoms. The lowest BCUT2D eigenvalue weighted by molar-refractivity contribution is 0.601. The Kier molecular flexibility index (Phi) is 5.08. The van der Waals surface area contributed by atoms with Gasteiger partial charge >= 0.3 is 0 Å². The lowest BCUT2D eigenvalue weighted by Crippen LogP contribution is -2.27. The number of sulfonamides is 1. The van der Waals surface area contributed by atoms with E-state index in [1.165, 1.54) is 20.7 Å². The van der Waals surface area contributed by atoms with E-state index in [0.717, 1.165) is 22.3 Å². The van der Waals surface area contributed by atoms with E-state index in [1.807, 2.05) is 65.2 Å². The Morgan fingerprint density at radius 2 is 1.50 bits per heavy atom. The maximum Gasteiger partial charge on any atom is 0.252 e. The van der Waals surface area contributed by atoms with Gasteiger partial charge in [0.1, 0.15) is 0 Å². The number of benzene rings is 2. The summed E-state index contributed by atoms with van der Waals surface area (Å²) in [7, 11) is -0.755. The summed E-state index contributed by atoms with van der Waals surface area (Å²) in [6, 6.07) is 19.4. The highest BCUT2D eigenvalue weighted by Gasteiger charge is 2.06. The van der Waals surface area contributed by atoms with E-state index in [9.17, 15) is 8.42 Å². The number of nitrogens with zero attached hydrogens (tertiary/aromatic N) is 3. The van der Waals surface area contributed by atoms with Crippen molar-refractivity contribution in [2.75, 3.05) is 6.26 Å². The number of aromatic nitrogens is 1. The van der Waals surface area contributed by atoms with Gasteiger partial charge in [-0.15, -0.1) is 4.40 Å². The average Bonchev–Trinajstić information content (AvgIpc) is 2.90. The molecule has 0 saturated heterocycles. The summed E-state index contributed by atoms with van der Waals surface area (Å²) in [6.07, 6.45) is 1.10. The molecular formula is C16H15N3O2S3. The van der Waals surface area contributed by atoms with E-state index in [1.54, 1.807) is 0 Å². The summed E-state index contributed by atoms with van der Waals surface area (Å²) in [5, 5.41) is 0. The van der Waals surface area contributed by atoms with Crippen LogP contribution in [0.5, 0.6) is 0 Å². The van der Waals surface area contributed by atoms with Gasteiger partial charge in [0.05, 0.1) is 18.5 Å². The Labute approximate surface area is 147 Å². The highest BCUT2D eigenvalue weighted by Crippen LogP contribution is 2.10. The molecule has 24 heavy (non-hydrogen) atoms. The van der Waals surface area contributed by atoms with E-state index < -0.39 is 10.0 Å². The molecular weight excluding hydrogens is 362 g/mol. The van der Waals surface area contributed by atoms with Crippen molar-refractivity contribution in [1.29, 1.82) is 0 Å². The third-order valence-electron chi connectivity index (χ3n) is 3.06. The van der Waals surface area contributed by atoms with Crippen LogP contribution in [0.25, 0.3) is 0 Å². The molecule has 0 aliphatic rings. The monoisotopic (exact) mass is 377 g/mol. The predicted molar refractivity (Wildman–Crippen MR) is 97.8 cm³/mol. The van der Waals surface area contributed by atoms with Gasteiger partial charge in [0, 0.05) is 0 Å². The van der Waals surface area contributed by atoms with Gasteiger partial charge in [0.2, 0.25) is 9.60 Å². The Morgan fingerprint density at radius 1 is 0.917 bits per heavy atom. The smallest absolute Gasteiger partial charge is 0.252 e. The Bertz CT molecular complexity index is 1050. The highest BCUT2D eigenvalue weighted by atomic mass is 32.9. The molecule has 0 amide bonds. The molecule has 0 aliphatic carbocycles. The van der Waals surface area contributed by atoms with Crippen molar-refractivity contribution in [3.8, 4) is 0 Å². The van der Waals surface area contributed by atoms with Crippen LogP contribution in [-0.4, -0.2) is 19.2 Å². The lowest BCUT2D eigenvalue weighted by atomic mass is 10.2. The van der Waals surface area contributed by atoms with Gasteiger partial charge in [-0.25, -0.2) is 13.4 Å². The molecule has 2 aromatic carbocycles. The zero-order valence-corrected chi connectivity index (χ0v) is 15.3. The van der Waals surface area contributed by atoms with Crippen molar-refractivity contribution in [3.05, 3.63) is 75.8 Å². The molecule has 0 fully saturated rings. The first-order chi connectivity index (χ1) is 11.5. The molecule has 5 nitrogen and oxygen atoms in total. The van der Waals surface area contributed by atoms with Gasteiger partial charge in [-0.05, 0) is 38.4 Å². The van der Waals surface area contributed by atoms with Crippen LogP contribution in [-0.2, 0) is 16.6 Å². The van der Waals surface area contributed by atoms with Crippen molar-refractivity contribution in [3.63, 3.8) is 0 Å². The summed E-state index contributed by atoms with van der Waals surface area (Å²) in [6.45, 7) is 0.515. The molecule has 0 unspecified atom stereocenters. The zero-order valence-electron chi connectivity index (χ0n) is 12.9. The number of para-hydroxylation sites is 1. The van der Waals surface area contributed by atoms with Crippen molar-refractivity contribution in [1.82, 2.24) is 4.57 Å². The van der Waals surface area contributed by atoms with Gasteiger partial charge in [0.15, 0.2) is 0 Å². The molecule has 3 rings (SSSR count). The van der Waals surface area contributed by atoms with Crippen LogP contribution >= 0.6 is 20.7 Å². The van der Waals surface area contributed by atoms with E-state index >= 15 is 0 Å². The third kappa shape index (κ3) is 4.50. The SMILES string of the molecule is CS(=O)(=O)/N=c1\ssc(=Nc2ccccc2)n1Cc1ccccc1. The molecule has 124 valence electrons. The first-order valence-corrected chi connectivity index (χ1v) is 11.1. The second-order valence-corrected chi connectivity index (χ2v) is 8.79. The second kappa shape index (κ2) is 7.25. The molecule has 0 N–H and O–H groups in total. The maximum atomic E-state index is 11.6. The standard InChI is InChI=1S/C16H15N3O2S3/c1-24(20,21)18-16-19(12-13-8-4-2-5-9-13)15(22-23-16)17-14-10-6-3-7-11-14/h2-11H,12H2,1H3/b17-15?,18-16-. The van der Waals surface area contributed by atoms with E-state index in [-0.39, 0.29) is 0 Å². The molecule has 0 atom stereocenters. The van der Waals surface area contributed by atoms with Gasteiger partial charge in [-0.3, -0.25) is 4.57 Å². The van der Waals surface area contributed by atoms with Crippen molar-refractivity contribution in [2.45, 2.75) is 6.54 Å². The Hall–Kier alpha value is -2.03. The first kappa shape index (κ1) is 16.8. The minimum absolute atomic E-state index is 0.432. The van der Waals surface area contributed by atoms with Gasteiger partial charge < -0.3 is 0 Å².